The molecule has 2 nitrogen and oxygen atoms in total. The number of hydrogen-bond donors (Lipinski definition) is 1. The standard InChI is InChI=1S/C18H19NO/c1-11-8-13(20-3)10-14-16-9-12-6-4-5-7-15(12)18(16,2)19-17(11)14/h4-8,10,16,19H,9H2,1-3H3. The lowest BCUT2D eigenvalue weighted by atomic mass is 9.84. The Morgan fingerprint density at radius 1 is 1.25 bits per heavy atom. The highest BCUT2D eigenvalue weighted by atomic mass is 16.5. The molecule has 1 N–H and O–H groups in total. The van der Waals surface area contributed by atoms with E-state index >= 15 is 0 Å². The van der Waals surface area contributed by atoms with Crippen LogP contribution in [0.5, 0.6) is 5.75 Å². The molecule has 2 aliphatic rings. The Balaban J connectivity index is 1.90. The van der Waals surface area contributed by atoms with Gasteiger partial charge >= 0.3 is 0 Å². The molecule has 2 heteroatoms. The fourth-order valence-electron chi connectivity index (χ4n) is 4.00. The quantitative estimate of drug-likeness (QED) is 0.842. The highest BCUT2D eigenvalue weighted by molar-refractivity contribution is 5.71. The Morgan fingerprint density at radius 2 is 2.05 bits per heavy atom. The molecule has 2 aromatic rings. The maximum absolute atomic E-state index is 5.45. The Labute approximate surface area is 119 Å². The van der Waals surface area contributed by atoms with Gasteiger partial charge in [0.05, 0.1) is 12.6 Å². The topological polar surface area (TPSA) is 21.3 Å². The van der Waals surface area contributed by atoms with Crippen LogP contribution in [-0.2, 0) is 12.0 Å². The van der Waals surface area contributed by atoms with Crippen molar-refractivity contribution in [2.75, 3.05) is 12.4 Å². The molecule has 0 aromatic heterocycles. The van der Waals surface area contributed by atoms with Crippen molar-refractivity contribution in [2.45, 2.75) is 31.7 Å². The molecular formula is C18H19NO. The summed E-state index contributed by atoms with van der Waals surface area (Å²) in [5, 5.41) is 3.79. The molecule has 4 rings (SSSR count). The Morgan fingerprint density at radius 3 is 2.85 bits per heavy atom. The third-order valence-electron chi connectivity index (χ3n) is 5.03. The number of hydrogen-bond acceptors (Lipinski definition) is 2. The minimum Gasteiger partial charge on any atom is -0.497 e. The van der Waals surface area contributed by atoms with Gasteiger partial charge in [0.25, 0.3) is 0 Å². The van der Waals surface area contributed by atoms with Crippen LogP contribution < -0.4 is 10.1 Å². The van der Waals surface area contributed by atoms with Crippen LogP contribution in [0.4, 0.5) is 5.69 Å². The molecule has 1 aliphatic carbocycles. The zero-order valence-electron chi connectivity index (χ0n) is 12.2. The average Bonchev–Trinajstić information content (AvgIpc) is 2.89. The second-order valence-corrected chi connectivity index (χ2v) is 6.15. The fourth-order valence-corrected chi connectivity index (χ4v) is 4.00. The van der Waals surface area contributed by atoms with Crippen molar-refractivity contribution in [3.8, 4) is 5.75 Å². The van der Waals surface area contributed by atoms with Gasteiger partial charge in [0.15, 0.2) is 0 Å². The molecule has 0 saturated heterocycles. The van der Waals surface area contributed by atoms with Gasteiger partial charge in [-0.15, -0.1) is 0 Å². The summed E-state index contributed by atoms with van der Waals surface area (Å²) in [5.41, 5.74) is 6.91. The van der Waals surface area contributed by atoms with E-state index in [0.717, 1.165) is 12.2 Å². The van der Waals surface area contributed by atoms with E-state index in [-0.39, 0.29) is 5.54 Å². The van der Waals surface area contributed by atoms with Crippen LogP contribution in [-0.4, -0.2) is 7.11 Å². The van der Waals surface area contributed by atoms with Gasteiger partial charge in [-0.1, -0.05) is 24.3 Å². The first-order valence-corrected chi connectivity index (χ1v) is 7.18. The molecule has 1 heterocycles. The number of methoxy groups -OCH3 is 1. The number of fused-ring (bicyclic) bond motifs is 5. The van der Waals surface area contributed by atoms with Crippen molar-refractivity contribution >= 4 is 5.69 Å². The molecule has 0 amide bonds. The van der Waals surface area contributed by atoms with E-state index in [1.807, 2.05) is 0 Å². The molecule has 0 bridgehead atoms. The second kappa shape index (κ2) is 3.78. The van der Waals surface area contributed by atoms with Crippen LogP contribution in [0.2, 0.25) is 0 Å². The summed E-state index contributed by atoms with van der Waals surface area (Å²) >= 11 is 0. The minimum absolute atomic E-state index is 0.0239. The van der Waals surface area contributed by atoms with E-state index in [2.05, 4.69) is 55.6 Å². The highest BCUT2D eigenvalue weighted by Crippen LogP contribution is 2.56. The Hall–Kier alpha value is -1.96. The molecule has 0 spiro atoms. The molecule has 0 saturated carbocycles. The molecule has 0 fully saturated rings. The lowest BCUT2D eigenvalue weighted by molar-refractivity contribution is 0.413. The van der Waals surface area contributed by atoms with E-state index in [9.17, 15) is 0 Å². The summed E-state index contributed by atoms with van der Waals surface area (Å²) in [4.78, 5) is 0. The lowest BCUT2D eigenvalue weighted by Gasteiger charge is -2.27. The van der Waals surface area contributed by atoms with Crippen LogP contribution in [0.1, 0.15) is 35.1 Å². The van der Waals surface area contributed by atoms with Gasteiger partial charge in [0.2, 0.25) is 0 Å². The predicted octanol–water partition coefficient (Wildman–Crippen LogP) is 3.98. The van der Waals surface area contributed by atoms with Crippen molar-refractivity contribution in [3.05, 3.63) is 58.7 Å². The maximum atomic E-state index is 5.45. The normalized spacial score (nSPS) is 25.6. The molecular weight excluding hydrogens is 246 g/mol. The second-order valence-electron chi connectivity index (χ2n) is 6.15. The van der Waals surface area contributed by atoms with Crippen LogP contribution in [0.25, 0.3) is 0 Å². The smallest absolute Gasteiger partial charge is 0.119 e. The summed E-state index contributed by atoms with van der Waals surface area (Å²) < 4.78 is 5.45. The highest BCUT2D eigenvalue weighted by Gasteiger charge is 2.49. The molecule has 102 valence electrons. The van der Waals surface area contributed by atoms with Crippen LogP contribution in [0, 0.1) is 6.92 Å². The number of benzene rings is 2. The zero-order chi connectivity index (χ0) is 13.9. The van der Waals surface area contributed by atoms with Crippen LogP contribution in [0.15, 0.2) is 36.4 Å². The number of anilines is 1. The summed E-state index contributed by atoms with van der Waals surface area (Å²) in [6.45, 7) is 4.49. The number of aryl methyl sites for hydroxylation is 1. The maximum Gasteiger partial charge on any atom is 0.119 e. The third-order valence-corrected chi connectivity index (χ3v) is 5.03. The third kappa shape index (κ3) is 1.34. The van der Waals surface area contributed by atoms with Crippen molar-refractivity contribution in [1.29, 1.82) is 0 Å². The van der Waals surface area contributed by atoms with E-state index in [1.54, 1.807) is 7.11 Å². The van der Waals surface area contributed by atoms with Gasteiger partial charge in [-0.05, 0) is 54.7 Å². The molecule has 2 unspecified atom stereocenters. The van der Waals surface area contributed by atoms with Crippen molar-refractivity contribution in [3.63, 3.8) is 0 Å². The Bertz CT molecular complexity index is 707. The van der Waals surface area contributed by atoms with E-state index in [0.29, 0.717) is 5.92 Å². The van der Waals surface area contributed by atoms with Gasteiger partial charge in [-0.3, -0.25) is 0 Å². The minimum atomic E-state index is 0.0239. The number of nitrogens with one attached hydrogen (secondary N) is 1. The van der Waals surface area contributed by atoms with Crippen LogP contribution in [0.3, 0.4) is 0 Å². The van der Waals surface area contributed by atoms with Crippen LogP contribution >= 0.6 is 0 Å². The largest absolute Gasteiger partial charge is 0.497 e. The predicted molar refractivity (Wildman–Crippen MR) is 81.6 cm³/mol. The van der Waals surface area contributed by atoms with Crippen molar-refractivity contribution in [1.82, 2.24) is 0 Å². The van der Waals surface area contributed by atoms with Gasteiger partial charge in [0, 0.05) is 11.6 Å². The summed E-state index contributed by atoms with van der Waals surface area (Å²) in [5.74, 6) is 1.46. The molecule has 2 atom stereocenters. The average molecular weight is 265 g/mol. The van der Waals surface area contributed by atoms with Gasteiger partial charge in [-0.25, -0.2) is 0 Å². The number of ether oxygens (including phenoxy) is 1. The molecule has 2 aromatic carbocycles. The summed E-state index contributed by atoms with van der Waals surface area (Å²) in [6.07, 6.45) is 1.11. The first-order valence-electron chi connectivity index (χ1n) is 7.18. The lowest BCUT2D eigenvalue weighted by Crippen LogP contribution is -2.29. The SMILES string of the molecule is COc1cc(C)c2c(c1)C1Cc3ccccc3C1(C)N2. The number of rotatable bonds is 1. The summed E-state index contributed by atoms with van der Waals surface area (Å²) in [7, 11) is 1.74. The van der Waals surface area contributed by atoms with Gasteiger partial charge in [0.1, 0.15) is 5.75 Å². The van der Waals surface area contributed by atoms with Gasteiger partial charge < -0.3 is 10.1 Å². The zero-order valence-corrected chi connectivity index (χ0v) is 12.2. The Kier molecular flexibility index (Phi) is 2.24. The fraction of sp³-hybridized carbons (Fsp3) is 0.333. The van der Waals surface area contributed by atoms with E-state index in [1.165, 1.54) is 27.9 Å². The van der Waals surface area contributed by atoms with E-state index < -0.39 is 0 Å². The van der Waals surface area contributed by atoms with Crippen molar-refractivity contribution < 1.29 is 4.74 Å². The molecule has 0 radical (unpaired) electrons. The first kappa shape index (κ1) is 11.8. The molecule has 20 heavy (non-hydrogen) atoms. The summed E-state index contributed by atoms with van der Waals surface area (Å²) in [6, 6.07) is 13.1. The first-order chi connectivity index (χ1) is 9.63. The van der Waals surface area contributed by atoms with Gasteiger partial charge in [-0.2, -0.15) is 0 Å². The molecule has 1 aliphatic heterocycles. The van der Waals surface area contributed by atoms with E-state index in [4.69, 9.17) is 4.74 Å². The van der Waals surface area contributed by atoms with Crippen molar-refractivity contribution in [2.24, 2.45) is 0 Å². The monoisotopic (exact) mass is 265 g/mol.